The van der Waals surface area contributed by atoms with Gasteiger partial charge >= 0.3 is 5.97 Å². The summed E-state index contributed by atoms with van der Waals surface area (Å²) in [6.07, 6.45) is 2.55. The van der Waals surface area contributed by atoms with Crippen LogP contribution in [0.1, 0.15) is 43.2 Å². The van der Waals surface area contributed by atoms with Crippen molar-refractivity contribution >= 4 is 11.9 Å². The van der Waals surface area contributed by atoms with Gasteiger partial charge in [0.25, 0.3) is 5.91 Å². The third-order valence-corrected chi connectivity index (χ3v) is 3.86. The molecule has 21 heavy (non-hydrogen) atoms. The molecule has 0 atom stereocenters. The number of rotatable bonds is 5. The molecule has 0 bridgehead atoms. The smallest absolute Gasteiger partial charge is 0.311 e. The summed E-state index contributed by atoms with van der Waals surface area (Å²) in [7, 11) is 0. The van der Waals surface area contributed by atoms with Gasteiger partial charge in [0.2, 0.25) is 0 Å². The number of nitrogens with one attached hydrogen (secondary N) is 1. The van der Waals surface area contributed by atoms with Crippen LogP contribution in [0.3, 0.4) is 0 Å². The van der Waals surface area contributed by atoms with Crippen LogP contribution in [-0.2, 0) is 9.53 Å². The first-order valence-corrected chi connectivity index (χ1v) is 7.09. The first-order valence-electron chi connectivity index (χ1n) is 7.09. The van der Waals surface area contributed by atoms with E-state index in [0.29, 0.717) is 31.7 Å². The lowest BCUT2D eigenvalue weighted by Gasteiger charge is -2.32. The van der Waals surface area contributed by atoms with Crippen molar-refractivity contribution in [2.45, 2.75) is 32.7 Å². The Balaban J connectivity index is 1.99. The van der Waals surface area contributed by atoms with Crippen LogP contribution in [0.25, 0.3) is 0 Å². The molecule has 1 aromatic heterocycles. The number of aromatic nitrogens is 2. The van der Waals surface area contributed by atoms with E-state index in [1.54, 1.807) is 16.9 Å². The molecule has 2 N–H and O–H groups in total. The lowest BCUT2D eigenvalue weighted by Crippen LogP contribution is -2.46. The maximum Gasteiger partial charge on any atom is 0.311 e. The highest BCUT2D eigenvalue weighted by atomic mass is 16.5. The van der Waals surface area contributed by atoms with Crippen LogP contribution in [0.5, 0.6) is 0 Å². The third-order valence-electron chi connectivity index (χ3n) is 3.86. The Kier molecular flexibility index (Phi) is 4.62. The van der Waals surface area contributed by atoms with Crippen LogP contribution in [0, 0.1) is 5.41 Å². The molecule has 0 spiro atoms. The van der Waals surface area contributed by atoms with Crippen LogP contribution in [0.2, 0.25) is 0 Å². The number of amides is 1. The van der Waals surface area contributed by atoms with Gasteiger partial charge in [-0.3, -0.25) is 14.3 Å². The number of carbonyl (C=O) groups excluding carboxylic acids is 1. The fourth-order valence-electron chi connectivity index (χ4n) is 2.32. The number of hydrogen-bond acceptors (Lipinski definition) is 4. The predicted octanol–water partition coefficient (Wildman–Crippen LogP) is 1.08. The third kappa shape index (κ3) is 3.41. The zero-order chi connectivity index (χ0) is 15.5. The molecule has 1 amide bonds. The van der Waals surface area contributed by atoms with Crippen molar-refractivity contribution in [2.24, 2.45) is 5.41 Å². The van der Waals surface area contributed by atoms with Crippen LogP contribution in [-0.4, -0.2) is 46.5 Å². The summed E-state index contributed by atoms with van der Waals surface area (Å²) in [6, 6.07) is 1.81. The zero-order valence-corrected chi connectivity index (χ0v) is 12.3. The average molecular weight is 295 g/mol. The van der Waals surface area contributed by atoms with Crippen molar-refractivity contribution < 1.29 is 19.4 Å². The highest BCUT2D eigenvalue weighted by molar-refractivity contribution is 5.92. The van der Waals surface area contributed by atoms with Gasteiger partial charge in [-0.05, 0) is 32.8 Å². The fraction of sp³-hybridized carbons (Fsp3) is 0.643. The molecule has 2 rings (SSSR count). The molecular formula is C14H21N3O4. The summed E-state index contributed by atoms with van der Waals surface area (Å²) >= 11 is 0. The lowest BCUT2D eigenvalue weighted by molar-refractivity contribution is -0.154. The molecule has 7 heteroatoms. The summed E-state index contributed by atoms with van der Waals surface area (Å²) in [6.45, 7) is 4.85. The Labute approximate surface area is 123 Å². The van der Waals surface area contributed by atoms with Crippen molar-refractivity contribution in [1.82, 2.24) is 15.1 Å². The lowest BCUT2D eigenvalue weighted by atomic mass is 9.80. The van der Waals surface area contributed by atoms with Crippen molar-refractivity contribution in [3.8, 4) is 0 Å². The van der Waals surface area contributed by atoms with E-state index in [0.717, 1.165) is 0 Å². The maximum absolute atomic E-state index is 12.1. The predicted molar refractivity (Wildman–Crippen MR) is 75.1 cm³/mol. The highest BCUT2D eigenvalue weighted by Crippen LogP contribution is 2.30. The monoisotopic (exact) mass is 295 g/mol. The molecule has 7 nitrogen and oxygen atoms in total. The van der Waals surface area contributed by atoms with Crippen molar-refractivity contribution in [2.75, 3.05) is 19.8 Å². The summed E-state index contributed by atoms with van der Waals surface area (Å²) in [5.74, 6) is -1.24. The van der Waals surface area contributed by atoms with Gasteiger partial charge in [0.05, 0.1) is 5.41 Å². The molecular weight excluding hydrogens is 274 g/mol. The Morgan fingerprint density at radius 1 is 1.48 bits per heavy atom. The second kappa shape index (κ2) is 6.26. The largest absolute Gasteiger partial charge is 0.481 e. The number of ether oxygens (including phenoxy) is 1. The molecule has 1 aromatic rings. The van der Waals surface area contributed by atoms with E-state index >= 15 is 0 Å². The van der Waals surface area contributed by atoms with Crippen molar-refractivity contribution in [1.29, 1.82) is 0 Å². The van der Waals surface area contributed by atoms with E-state index in [9.17, 15) is 14.7 Å². The Morgan fingerprint density at radius 3 is 2.67 bits per heavy atom. The Hall–Kier alpha value is -1.89. The van der Waals surface area contributed by atoms with E-state index in [4.69, 9.17) is 4.74 Å². The maximum atomic E-state index is 12.1. The minimum Gasteiger partial charge on any atom is -0.481 e. The Morgan fingerprint density at radius 2 is 2.14 bits per heavy atom. The topological polar surface area (TPSA) is 93.5 Å². The fourth-order valence-corrected chi connectivity index (χ4v) is 2.32. The second-order valence-electron chi connectivity index (χ2n) is 5.66. The summed E-state index contributed by atoms with van der Waals surface area (Å²) in [4.78, 5) is 23.6. The van der Waals surface area contributed by atoms with Gasteiger partial charge in [-0.25, -0.2) is 0 Å². The van der Waals surface area contributed by atoms with Crippen LogP contribution < -0.4 is 5.32 Å². The summed E-state index contributed by atoms with van der Waals surface area (Å²) < 4.78 is 6.90. The molecule has 2 heterocycles. The van der Waals surface area contributed by atoms with E-state index in [-0.39, 0.29) is 18.5 Å². The number of carbonyl (C=O) groups is 2. The minimum atomic E-state index is -0.936. The molecule has 0 aliphatic carbocycles. The average Bonchev–Trinajstić information content (AvgIpc) is 2.95. The van der Waals surface area contributed by atoms with Crippen LogP contribution in [0.4, 0.5) is 0 Å². The minimum absolute atomic E-state index is 0.0963. The Bertz CT molecular complexity index is 518. The number of nitrogens with zero attached hydrogens (tertiary/aromatic N) is 2. The SMILES string of the molecule is CC(C)n1ccc(C(=O)NCC2(C(=O)O)CCOCC2)n1. The van der Waals surface area contributed by atoms with Gasteiger partial charge in [-0.15, -0.1) is 0 Å². The van der Waals surface area contributed by atoms with E-state index < -0.39 is 11.4 Å². The molecule has 116 valence electrons. The molecule has 0 radical (unpaired) electrons. The van der Waals surface area contributed by atoms with Crippen molar-refractivity contribution in [3.05, 3.63) is 18.0 Å². The number of carboxylic acid groups (broad SMARTS) is 1. The summed E-state index contributed by atoms with van der Waals surface area (Å²) in [5.41, 5.74) is -0.634. The van der Waals surface area contributed by atoms with Crippen LogP contribution in [0.15, 0.2) is 12.3 Å². The molecule has 1 aliphatic heterocycles. The number of hydrogen-bond donors (Lipinski definition) is 2. The van der Waals surface area contributed by atoms with Gasteiger partial charge < -0.3 is 15.2 Å². The standard InChI is InChI=1S/C14H21N3O4/c1-10(2)17-6-3-11(16-17)12(18)15-9-14(13(19)20)4-7-21-8-5-14/h3,6,10H,4-5,7-9H2,1-2H3,(H,15,18)(H,19,20). The normalized spacial score (nSPS) is 17.7. The van der Waals surface area contributed by atoms with E-state index in [1.165, 1.54) is 0 Å². The molecule has 1 fully saturated rings. The second-order valence-corrected chi connectivity index (χ2v) is 5.66. The van der Waals surface area contributed by atoms with E-state index in [1.807, 2.05) is 13.8 Å². The van der Waals surface area contributed by atoms with Gasteiger partial charge in [0, 0.05) is 32.0 Å². The number of aliphatic carboxylic acids is 1. The molecule has 0 aromatic carbocycles. The van der Waals surface area contributed by atoms with Gasteiger partial charge in [0.15, 0.2) is 0 Å². The van der Waals surface area contributed by atoms with Gasteiger partial charge in [0.1, 0.15) is 5.69 Å². The quantitative estimate of drug-likeness (QED) is 0.847. The summed E-state index contributed by atoms with van der Waals surface area (Å²) in [5, 5.41) is 16.3. The first-order chi connectivity index (χ1) is 9.94. The van der Waals surface area contributed by atoms with Crippen LogP contribution >= 0.6 is 0 Å². The molecule has 0 unspecified atom stereocenters. The zero-order valence-electron chi connectivity index (χ0n) is 12.3. The number of carboxylic acids is 1. The molecule has 1 aliphatic rings. The molecule has 0 saturated carbocycles. The van der Waals surface area contributed by atoms with E-state index in [2.05, 4.69) is 10.4 Å². The van der Waals surface area contributed by atoms with Gasteiger partial charge in [-0.2, -0.15) is 5.10 Å². The van der Waals surface area contributed by atoms with Crippen molar-refractivity contribution in [3.63, 3.8) is 0 Å². The first kappa shape index (κ1) is 15.5. The highest BCUT2D eigenvalue weighted by Gasteiger charge is 2.40. The van der Waals surface area contributed by atoms with Gasteiger partial charge in [-0.1, -0.05) is 0 Å². The molecule has 1 saturated heterocycles.